The number of carbonyl (C=O) groups excluding carboxylic acids is 1. The Morgan fingerprint density at radius 1 is 1.29 bits per heavy atom. The van der Waals surface area contributed by atoms with Crippen LogP contribution in [0.5, 0.6) is 5.75 Å². The molecule has 1 N–H and O–H groups in total. The first-order chi connectivity index (χ1) is 10.1. The number of carbonyl (C=O) groups is 1. The van der Waals surface area contributed by atoms with Crippen LogP contribution in [-0.4, -0.2) is 36.5 Å². The number of rotatable bonds is 3. The van der Waals surface area contributed by atoms with Gasteiger partial charge in [-0.3, -0.25) is 4.79 Å². The van der Waals surface area contributed by atoms with Gasteiger partial charge in [0.1, 0.15) is 18.2 Å². The average molecular weight is 283 g/mol. The molecule has 5 heteroatoms. The Morgan fingerprint density at radius 3 is 2.81 bits per heavy atom. The summed E-state index contributed by atoms with van der Waals surface area (Å²) in [5.41, 5.74) is 1.71. The summed E-state index contributed by atoms with van der Waals surface area (Å²) in [4.78, 5) is 17.6. The van der Waals surface area contributed by atoms with Crippen LogP contribution in [0.3, 0.4) is 0 Å². The fraction of sp³-hybridized carbons (Fsp3) is 0.250. The molecule has 1 amide bonds. The summed E-state index contributed by atoms with van der Waals surface area (Å²) >= 11 is 0. The van der Waals surface area contributed by atoms with Crippen LogP contribution < -0.4 is 10.1 Å². The smallest absolute Gasteiger partial charge is 0.254 e. The van der Waals surface area contributed by atoms with Crippen LogP contribution in [0.4, 0.5) is 5.82 Å². The molecule has 1 aromatic heterocycles. The number of nitrogens with one attached hydrogen (secondary N) is 1. The van der Waals surface area contributed by atoms with Gasteiger partial charge in [-0.2, -0.15) is 0 Å². The summed E-state index contributed by atoms with van der Waals surface area (Å²) in [5, 5.41) is 3.33. The van der Waals surface area contributed by atoms with Crippen molar-refractivity contribution in [3.63, 3.8) is 0 Å². The number of amides is 1. The summed E-state index contributed by atoms with van der Waals surface area (Å²) in [6.07, 6.45) is 1.59. The molecule has 0 saturated heterocycles. The van der Waals surface area contributed by atoms with Crippen LogP contribution in [0.1, 0.15) is 22.0 Å². The number of para-hydroxylation sites is 1. The molecule has 1 unspecified atom stereocenters. The van der Waals surface area contributed by atoms with Crippen LogP contribution in [0, 0.1) is 0 Å². The van der Waals surface area contributed by atoms with Gasteiger partial charge in [0.25, 0.3) is 5.91 Å². The highest BCUT2D eigenvalue weighted by atomic mass is 16.5. The fourth-order valence-electron chi connectivity index (χ4n) is 2.32. The number of benzene rings is 1. The Bertz CT molecular complexity index is 653. The summed E-state index contributed by atoms with van der Waals surface area (Å²) in [7, 11) is 3.45. The molecule has 3 rings (SSSR count). The van der Waals surface area contributed by atoms with E-state index in [4.69, 9.17) is 4.74 Å². The number of pyridine rings is 1. The van der Waals surface area contributed by atoms with E-state index in [9.17, 15) is 4.79 Å². The molecule has 0 aliphatic carbocycles. The van der Waals surface area contributed by atoms with Gasteiger partial charge in [0.15, 0.2) is 0 Å². The average Bonchev–Trinajstić information content (AvgIpc) is 2.91. The van der Waals surface area contributed by atoms with E-state index in [-0.39, 0.29) is 11.9 Å². The van der Waals surface area contributed by atoms with Gasteiger partial charge < -0.3 is 15.0 Å². The van der Waals surface area contributed by atoms with Crippen LogP contribution in [0.2, 0.25) is 0 Å². The molecule has 1 atom stereocenters. The lowest BCUT2D eigenvalue weighted by Crippen LogP contribution is -2.22. The Morgan fingerprint density at radius 2 is 2.10 bits per heavy atom. The van der Waals surface area contributed by atoms with Gasteiger partial charge in [0.05, 0.1) is 11.6 Å². The van der Waals surface area contributed by atoms with Gasteiger partial charge in [-0.05, 0) is 18.2 Å². The van der Waals surface area contributed by atoms with E-state index in [1.807, 2.05) is 30.3 Å². The highest BCUT2D eigenvalue weighted by molar-refractivity contribution is 5.93. The second kappa shape index (κ2) is 5.44. The molecule has 1 aliphatic rings. The first kappa shape index (κ1) is 13.4. The van der Waals surface area contributed by atoms with Crippen molar-refractivity contribution in [3.05, 3.63) is 53.7 Å². The van der Waals surface area contributed by atoms with Crippen LogP contribution in [-0.2, 0) is 0 Å². The normalized spacial score (nSPS) is 16.0. The van der Waals surface area contributed by atoms with Crippen LogP contribution in [0.15, 0.2) is 42.6 Å². The quantitative estimate of drug-likeness (QED) is 0.939. The third-order valence-electron chi connectivity index (χ3n) is 3.44. The predicted molar refractivity (Wildman–Crippen MR) is 80.6 cm³/mol. The SMILES string of the molecule is CN(C)C(=O)c1ccc(NC2COc3ccccc32)nc1. The fourth-order valence-corrected chi connectivity index (χ4v) is 2.32. The van der Waals surface area contributed by atoms with Crippen molar-refractivity contribution < 1.29 is 9.53 Å². The zero-order chi connectivity index (χ0) is 14.8. The van der Waals surface area contributed by atoms with Gasteiger partial charge >= 0.3 is 0 Å². The van der Waals surface area contributed by atoms with Crippen molar-refractivity contribution >= 4 is 11.7 Å². The highest BCUT2D eigenvalue weighted by Gasteiger charge is 2.23. The first-order valence-corrected chi connectivity index (χ1v) is 6.81. The lowest BCUT2D eigenvalue weighted by molar-refractivity contribution is 0.0827. The molecule has 0 radical (unpaired) electrons. The molecule has 0 saturated carbocycles. The maximum Gasteiger partial charge on any atom is 0.254 e. The van der Waals surface area contributed by atoms with Crippen molar-refractivity contribution in [2.45, 2.75) is 6.04 Å². The number of aromatic nitrogens is 1. The largest absolute Gasteiger partial charge is 0.491 e. The molecule has 0 spiro atoms. The van der Waals surface area contributed by atoms with Gasteiger partial charge in [-0.25, -0.2) is 4.98 Å². The monoisotopic (exact) mass is 283 g/mol. The molecule has 5 nitrogen and oxygen atoms in total. The topological polar surface area (TPSA) is 54.5 Å². The van der Waals surface area contributed by atoms with Gasteiger partial charge in [0.2, 0.25) is 0 Å². The lowest BCUT2D eigenvalue weighted by Gasteiger charge is -2.13. The zero-order valence-electron chi connectivity index (χ0n) is 12.0. The van der Waals surface area contributed by atoms with Crippen molar-refractivity contribution in [3.8, 4) is 5.75 Å². The third-order valence-corrected chi connectivity index (χ3v) is 3.44. The minimum atomic E-state index is -0.0522. The molecule has 2 heterocycles. The minimum absolute atomic E-state index is 0.0522. The second-order valence-corrected chi connectivity index (χ2v) is 5.18. The second-order valence-electron chi connectivity index (χ2n) is 5.18. The molecular formula is C16H17N3O2. The van der Waals surface area contributed by atoms with Crippen molar-refractivity contribution in [1.82, 2.24) is 9.88 Å². The number of hydrogen-bond donors (Lipinski definition) is 1. The summed E-state index contributed by atoms with van der Waals surface area (Å²) < 4.78 is 5.63. The number of ether oxygens (including phenoxy) is 1. The highest BCUT2D eigenvalue weighted by Crippen LogP contribution is 2.33. The van der Waals surface area contributed by atoms with E-state index < -0.39 is 0 Å². The molecule has 2 aromatic rings. The van der Waals surface area contributed by atoms with E-state index in [1.165, 1.54) is 4.90 Å². The van der Waals surface area contributed by atoms with E-state index in [1.54, 1.807) is 26.4 Å². The third kappa shape index (κ3) is 2.67. The van der Waals surface area contributed by atoms with E-state index >= 15 is 0 Å². The molecule has 0 bridgehead atoms. The molecular weight excluding hydrogens is 266 g/mol. The Kier molecular flexibility index (Phi) is 3.48. The van der Waals surface area contributed by atoms with Crippen molar-refractivity contribution in [2.24, 2.45) is 0 Å². The Labute approximate surface area is 123 Å². The van der Waals surface area contributed by atoms with Gasteiger partial charge in [0, 0.05) is 25.9 Å². The maximum absolute atomic E-state index is 11.8. The summed E-state index contributed by atoms with van der Waals surface area (Å²) in [5.74, 6) is 1.59. The van der Waals surface area contributed by atoms with E-state index in [0.717, 1.165) is 17.1 Å². The Balaban J connectivity index is 1.74. The first-order valence-electron chi connectivity index (χ1n) is 6.81. The standard InChI is InChI=1S/C16H17N3O2/c1-19(2)16(20)11-7-8-15(17-9-11)18-13-10-21-14-6-4-3-5-12(13)14/h3-9,13H,10H2,1-2H3,(H,17,18). The van der Waals surface area contributed by atoms with E-state index in [2.05, 4.69) is 10.3 Å². The summed E-state index contributed by atoms with van der Waals surface area (Å²) in [6, 6.07) is 11.6. The number of anilines is 1. The van der Waals surface area contributed by atoms with Crippen LogP contribution in [0.25, 0.3) is 0 Å². The number of nitrogens with zero attached hydrogens (tertiary/aromatic N) is 2. The van der Waals surface area contributed by atoms with Gasteiger partial charge in [-0.15, -0.1) is 0 Å². The maximum atomic E-state index is 11.8. The molecule has 108 valence electrons. The minimum Gasteiger partial charge on any atom is -0.491 e. The summed E-state index contributed by atoms with van der Waals surface area (Å²) in [6.45, 7) is 0.583. The molecule has 1 aromatic carbocycles. The Hall–Kier alpha value is -2.56. The van der Waals surface area contributed by atoms with Crippen molar-refractivity contribution in [1.29, 1.82) is 0 Å². The zero-order valence-corrected chi connectivity index (χ0v) is 12.0. The van der Waals surface area contributed by atoms with Crippen LogP contribution >= 0.6 is 0 Å². The number of hydrogen-bond acceptors (Lipinski definition) is 4. The molecule has 21 heavy (non-hydrogen) atoms. The number of fused-ring (bicyclic) bond motifs is 1. The van der Waals surface area contributed by atoms with E-state index in [0.29, 0.717) is 12.2 Å². The van der Waals surface area contributed by atoms with Gasteiger partial charge in [-0.1, -0.05) is 18.2 Å². The predicted octanol–water partition coefficient (Wildman–Crippen LogP) is 2.33. The molecule has 1 aliphatic heterocycles. The lowest BCUT2D eigenvalue weighted by atomic mass is 10.1. The molecule has 0 fully saturated rings. The van der Waals surface area contributed by atoms with Crippen molar-refractivity contribution in [2.75, 3.05) is 26.0 Å².